The van der Waals surface area contributed by atoms with Gasteiger partial charge in [-0.15, -0.1) is 0 Å². The van der Waals surface area contributed by atoms with E-state index in [4.69, 9.17) is 31.2 Å². The number of rotatable bonds is 5. The van der Waals surface area contributed by atoms with E-state index in [0.717, 1.165) is 11.6 Å². The van der Waals surface area contributed by atoms with Crippen LogP contribution in [0.3, 0.4) is 0 Å². The first-order chi connectivity index (χ1) is 15.0. The lowest BCUT2D eigenvalue weighted by atomic mass is 9.87. The first-order valence-corrected chi connectivity index (χ1v) is 9.70. The summed E-state index contributed by atoms with van der Waals surface area (Å²) in [6.07, 6.45) is 0. The van der Waals surface area contributed by atoms with Gasteiger partial charge in [-0.1, -0.05) is 35.9 Å². The molecule has 1 unspecified atom stereocenters. The minimum Gasteiger partial charge on any atom is -0.489 e. The molecular weight excluding hydrogens is 420 g/mol. The minimum absolute atomic E-state index is 0.0604. The van der Waals surface area contributed by atoms with E-state index in [9.17, 15) is 15.2 Å². The SMILES string of the molecule is N#CC1=C(N)Oc2c(oc(CO)cc2=O)C1c1cccc(OCc2ccc(Cl)cc2)c1. The average molecular weight is 437 g/mol. The Morgan fingerprint density at radius 1 is 1.19 bits per heavy atom. The number of hydrogen-bond donors (Lipinski definition) is 2. The van der Waals surface area contributed by atoms with Gasteiger partial charge in [0.05, 0.1) is 5.92 Å². The first kappa shape index (κ1) is 20.5. The van der Waals surface area contributed by atoms with Crippen LogP contribution in [-0.2, 0) is 13.2 Å². The highest BCUT2D eigenvalue weighted by molar-refractivity contribution is 6.30. The molecule has 3 aromatic rings. The summed E-state index contributed by atoms with van der Waals surface area (Å²) in [6, 6.07) is 17.5. The van der Waals surface area contributed by atoms with Gasteiger partial charge < -0.3 is 24.7 Å². The summed E-state index contributed by atoms with van der Waals surface area (Å²) in [7, 11) is 0. The summed E-state index contributed by atoms with van der Waals surface area (Å²) in [6.45, 7) is -0.154. The van der Waals surface area contributed by atoms with Crippen molar-refractivity contribution in [2.75, 3.05) is 0 Å². The molecule has 8 heteroatoms. The van der Waals surface area contributed by atoms with E-state index in [2.05, 4.69) is 0 Å². The van der Waals surface area contributed by atoms with Crippen molar-refractivity contribution < 1.29 is 19.0 Å². The number of nitrogens with two attached hydrogens (primary N) is 1. The predicted molar refractivity (Wildman–Crippen MR) is 112 cm³/mol. The highest BCUT2D eigenvalue weighted by Gasteiger charge is 2.35. The number of benzene rings is 2. The van der Waals surface area contributed by atoms with Crippen molar-refractivity contribution in [3.05, 3.63) is 104 Å². The number of fused-ring (bicyclic) bond motifs is 1. The zero-order valence-corrected chi connectivity index (χ0v) is 16.9. The van der Waals surface area contributed by atoms with Crippen LogP contribution in [-0.4, -0.2) is 5.11 Å². The second kappa shape index (κ2) is 8.56. The van der Waals surface area contributed by atoms with Gasteiger partial charge in [0.25, 0.3) is 0 Å². The molecule has 1 atom stereocenters. The second-order valence-corrected chi connectivity index (χ2v) is 7.28. The smallest absolute Gasteiger partial charge is 0.228 e. The van der Waals surface area contributed by atoms with E-state index in [0.29, 0.717) is 22.9 Å². The Kier molecular flexibility index (Phi) is 5.67. The van der Waals surface area contributed by atoms with Crippen molar-refractivity contribution in [1.29, 1.82) is 5.26 Å². The summed E-state index contributed by atoms with van der Waals surface area (Å²) in [5.41, 5.74) is 7.08. The topological polar surface area (TPSA) is 119 Å². The van der Waals surface area contributed by atoms with Crippen molar-refractivity contribution >= 4 is 11.6 Å². The molecule has 3 N–H and O–H groups in total. The zero-order chi connectivity index (χ0) is 22.0. The highest BCUT2D eigenvalue weighted by atomic mass is 35.5. The van der Waals surface area contributed by atoms with Crippen molar-refractivity contribution in [3.8, 4) is 17.6 Å². The fourth-order valence-electron chi connectivity index (χ4n) is 3.33. The monoisotopic (exact) mass is 436 g/mol. The van der Waals surface area contributed by atoms with Crippen LogP contribution in [0.1, 0.15) is 28.6 Å². The molecule has 0 saturated carbocycles. The second-order valence-electron chi connectivity index (χ2n) is 6.84. The fraction of sp³-hybridized carbons (Fsp3) is 0.130. The molecule has 1 aromatic heterocycles. The Balaban J connectivity index is 1.72. The van der Waals surface area contributed by atoms with Crippen LogP contribution in [0, 0.1) is 11.3 Å². The van der Waals surface area contributed by atoms with Crippen LogP contribution in [0.4, 0.5) is 0 Å². The van der Waals surface area contributed by atoms with Gasteiger partial charge in [0.15, 0.2) is 5.76 Å². The van der Waals surface area contributed by atoms with Gasteiger partial charge in [-0.25, -0.2) is 0 Å². The number of allylic oxidation sites excluding steroid dienone is 1. The Bertz CT molecular complexity index is 1260. The molecule has 2 heterocycles. The van der Waals surface area contributed by atoms with Gasteiger partial charge in [0.1, 0.15) is 36.4 Å². The largest absolute Gasteiger partial charge is 0.489 e. The van der Waals surface area contributed by atoms with Gasteiger partial charge in [0.2, 0.25) is 17.1 Å². The number of nitriles is 1. The van der Waals surface area contributed by atoms with Crippen molar-refractivity contribution in [3.63, 3.8) is 0 Å². The third-order valence-electron chi connectivity index (χ3n) is 4.80. The minimum atomic E-state index is -0.785. The van der Waals surface area contributed by atoms with Gasteiger partial charge in [0, 0.05) is 11.1 Å². The maximum absolute atomic E-state index is 12.4. The molecule has 0 saturated heterocycles. The molecule has 0 radical (unpaired) electrons. The average Bonchev–Trinajstić information content (AvgIpc) is 2.78. The van der Waals surface area contributed by atoms with Crippen molar-refractivity contribution in [2.24, 2.45) is 5.73 Å². The lowest BCUT2D eigenvalue weighted by molar-refractivity contribution is 0.231. The molecule has 2 aromatic carbocycles. The Morgan fingerprint density at radius 2 is 1.97 bits per heavy atom. The quantitative estimate of drug-likeness (QED) is 0.627. The van der Waals surface area contributed by atoms with Crippen LogP contribution in [0.25, 0.3) is 0 Å². The number of halogens is 1. The predicted octanol–water partition coefficient (Wildman–Crippen LogP) is 3.58. The van der Waals surface area contributed by atoms with Crippen molar-refractivity contribution in [2.45, 2.75) is 19.1 Å². The van der Waals surface area contributed by atoms with E-state index in [-0.39, 0.29) is 28.7 Å². The molecule has 1 aliphatic heterocycles. The number of aliphatic hydroxyl groups excluding tert-OH is 1. The molecule has 0 amide bonds. The lowest BCUT2D eigenvalue weighted by Crippen LogP contribution is -2.25. The summed E-state index contributed by atoms with van der Waals surface area (Å²) in [5.74, 6) is -0.339. The van der Waals surface area contributed by atoms with Gasteiger partial charge >= 0.3 is 0 Å². The van der Waals surface area contributed by atoms with Crippen LogP contribution >= 0.6 is 11.6 Å². The molecule has 7 nitrogen and oxygen atoms in total. The molecule has 31 heavy (non-hydrogen) atoms. The Morgan fingerprint density at radius 3 is 2.68 bits per heavy atom. The van der Waals surface area contributed by atoms with Gasteiger partial charge in [-0.05, 0) is 35.4 Å². The van der Waals surface area contributed by atoms with E-state index < -0.39 is 18.0 Å². The molecule has 0 spiro atoms. The van der Waals surface area contributed by atoms with Crippen LogP contribution in [0.5, 0.6) is 11.5 Å². The van der Waals surface area contributed by atoms with E-state index >= 15 is 0 Å². The summed E-state index contributed by atoms with van der Waals surface area (Å²) < 4.78 is 16.9. The van der Waals surface area contributed by atoms with E-state index in [1.54, 1.807) is 36.4 Å². The Labute approximate surface area is 182 Å². The standard InChI is InChI=1S/C23H17ClN2O5/c24-15-6-4-13(5-7-15)12-29-16-3-1-2-14(8-16)20-18(10-25)23(26)31-21-19(28)9-17(11-27)30-22(20)21/h1-9,20,27H,11-12,26H2. The maximum atomic E-state index is 12.4. The van der Waals surface area contributed by atoms with Crippen molar-refractivity contribution in [1.82, 2.24) is 0 Å². The normalized spacial score (nSPS) is 15.1. The molecular formula is C23H17ClN2O5. The third-order valence-corrected chi connectivity index (χ3v) is 5.05. The number of hydrogen-bond acceptors (Lipinski definition) is 7. The molecule has 1 aliphatic rings. The highest BCUT2D eigenvalue weighted by Crippen LogP contribution is 2.41. The summed E-state index contributed by atoms with van der Waals surface area (Å²) in [4.78, 5) is 12.4. The molecule has 0 aliphatic carbocycles. The number of nitrogens with zero attached hydrogens (tertiary/aromatic N) is 1. The lowest BCUT2D eigenvalue weighted by Gasteiger charge is -2.25. The fourth-order valence-corrected chi connectivity index (χ4v) is 3.45. The molecule has 4 rings (SSSR count). The maximum Gasteiger partial charge on any atom is 0.228 e. The van der Waals surface area contributed by atoms with E-state index in [1.165, 1.54) is 0 Å². The summed E-state index contributed by atoms with van der Waals surface area (Å²) in [5, 5.41) is 19.8. The first-order valence-electron chi connectivity index (χ1n) is 9.32. The van der Waals surface area contributed by atoms with Crippen LogP contribution in [0.15, 0.2) is 75.3 Å². The Hall–Kier alpha value is -3.73. The van der Waals surface area contributed by atoms with E-state index in [1.807, 2.05) is 18.2 Å². The summed E-state index contributed by atoms with van der Waals surface area (Å²) >= 11 is 5.91. The van der Waals surface area contributed by atoms with Crippen LogP contribution in [0.2, 0.25) is 5.02 Å². The zero-order valence-electron chi connectivity index (χ0n) is 16.2. The number of ether oxygens (including phenoxy) is 2. The van der Waals surface area contributed by atoms with Gasteiger partial charge in [-0.2, -0.15) is 5.26 Å². The van der Waals surface area contributed by atoms with Gasteiger partial charge in [-0.3, -0.25) is 4.79 Å². The number of aliphatic hydroxyl groups is 1. The molecule has 0 bridgehead atoms. The molecule has 0 fully saturated rings. The van der Waals surface area contributed by atoms with Crippen LogP contribution < -0.4 is 20.6 Å². The molecule has 156 valence electrons. The third kappa shape index (κ3) is 4.12.